The molecule has 0 bridgehead atoms. The molecule has 1 N–H and O–H groups in total. The van der Waals surface area contributed by atoms with Crippen LogP contribution in [-0.2, 0) is 11.3 Å². The Kier molecular flexibility index (Phi) is 3.51. The van der Waals surface area contributed by atoms with Crippen molar-refractivity contribution in [3.8, 4) is 0 Å². The van der Waals surface area contributed by atoms with Crippen molar-refractivity contribution in [3.63, 3.8) is 0 Å². The van der Waals surface area contributed by atoms with Crippen LogP contribution in [0.2, 0.25) is 0 Å². The van der Waals surface area contributed by atoms with Gasteiger partial charge in [0.2, 0.25) is 0 Å². The molecule has 3 atom stereocenters. The van der Waals surface area contributed by atoms with E-state index < -0.39 is 0 Å². The maximum Gasteiger partial charge on any atom is 0.0685 e. The first-order chi connectivity index (χ1) is 9.50. The summed E-state index contributed by atoms with van der Waals surface area (Å²) in [5.74, 6) is 0.714. The van der Waals surface area contributed by atoms with Crippen LogP contribution in [0.1, 0.15) is 25.8 Å². The molecule has 1 aromatic carbocycles. The maximum absolute atomic E-state index is 5.85. The van der Waals surface area contributed by atoms with Crippen molar-refractivity contribution in [1.82, 2.24) is 5.32 Å². The van der Waals surface area contributed by atoms with Crippen LogP contribution in [0.5, 0.6) is 0 Å². The highest BCUT2D eigenvalue weighted by Gasteiger charge is 2.58. The van der Waals surface area contributed by atoms with Crippen LogP contribution in [0.15, 0.2) is 24.3 Å². The molecule has 3 nitrogen and oxygen atoms in total. The van der Waals surface area contributed by atoms with E-state index >= 15 is 0 Å². The lowest BCUT2D eigenvalue weighted by atomic mass is 9.57. The molecule has 0 radical (unpaired) electrons. The van der Waals surface area contributed by atoms with Crippen molar-refractivity contribution in [1.29, 1.82) is 0 Å². The van der Waals surface area contributed by atoms with Gasteiger partial charge in [0, 0.05) is 50.3 Å². The molecule has 1 aliphatic carbocycles. The van der Waals surface area contributed by atoms with Gasteiger partial charge < -0.3 is 15.0 Å². The summed E-state index contributed by atoms with van der Waals surface area (Å²) in [6.45, 7) is 6.54. The van der Waals surface area contributed by atoms with Crippen molar-refractivity contribution >= 4 is 5.69 Å². The van der Waals surface area contributed by atoms with Gasteiger partial charge in [-0.1, -0.05) is 26.0 Å². The Labute approximate surface area is 122 Å². The van der Waals surface area contributed by atoms with E-state index in [4.69, 9.17) is 4.74 Å². The molecule has 1 heterocycles. The molecule has 3 unspecified atom stereocenters. The molecule has 20 heavy (non-hydrogen) atoms. The molecule has 2 fully saturated rings. The fraction of sp³-hybridized carbons (Fsp3) is 0.647. The first-order valence-corrected chi connectivity index (χ1v) is 7.61. The Morgan fingerprint density at radius 1 is 1.25 bits per heavy atom. The number of ether oxygens (including phenoxy) is 1. The van der Waals surface area contributed by atoms with Gasteiger partial charge in [0.1, 0.15) is 0 Å². The van der Waals surface area contributed by atoms with Crippen LogP contribution in [0.3, 0.4) is 0 Å². The van der Waals surface area contributed by atoms with Gasteiger partial charge in [-0.25, -0.2) is 0 Å². The number of nitrogens with zero attached hydrogens (tertiary/aromatic N) is 1. The highest BCUT2D eigenvalue weighted by Crippen LogP contribution is 2.52. The summed E-state index contributed by atoms with van der Waals surface area (Å²) in [5, 5.41) is 3.75. The van der Waals surface area contributed by atoms with E-state index in [1.807, 2.05) is 0 Å². The smallest absolute Gasteiger partial charge is 0.0685 e. The average molecular weight is 274 g/mol. The zero-order valence-electron chi connectivity index (χ0n) is 13.0. The number of nitrogens with one attached hydrogen (secondary N) is 1. The van der Waals surface area contributed by atoms with Crippen molar-refractivity contribution < 1.29 is 4.74 Å². The molecule has 0 spiro atoms. The Hall–Kier alpha value is -1.06. The zero-order chi connectivity index (χ0) is 14.3. The van der Waals surface area contributed by atoms with E-state index in [0.717, 1.165) is 13.2 Å². The van der Waals surface area contributed by atoms with Crippen LogP contribution in [0.25, 0.3) is 0 Å². The predicted molar refractivity (Wildman–Crippen MR) is 83.0 cm³/mol. The van der Waals surface area contributed by atoms with Gasteiger partial charge in [-0.2, -0.15) is 0 Å². The summed E-state index contributed by atoms with van der Waals surface area (Å²) in [6.07, 6.45) is 1.68. The SMILES string of the molecule is CN(C)c1ccc(CNC2C3CCOC3C2(C)C)cc1. The van der Waals surface area contributed by atoms with Crippen LogP contribution in [0, 0.1) is 11.3 Å². The highest BCUT2D eigenvalue weighted by molar-refractivity contribution is 5.45. The van der Waals surface area contributed by atoms with Crippen molar-refractivity contribution in [2.45, 2.75) is 39.0 Å². The Bertz CT molecular complexity index is 466. The molecule has 1 aromatic rings. The third kappa shape index (κ3) is 2.23. The second kappa shape index (κ2) is 5.05. The zero-order valence-corrected chi connectivity index (χ0v) is 13.0. The Morgan fingerprint density at radius 2 is 1.95 bits per heavy atom. The molecule has 3 heteroatoms. The lowest BCUT2D eigenvalue weighted by Crippen LogP contribution is -2.65. The molecule has 1 saturated heterocycles. The van der Waals surface area contributed by atoms with Gasteiger partial charge in [0.05, 0.1) is 6.10 Å². The van der Waals surface area contributed by atoms with Gasteiger partial charge in [-0.05, 0) is 24.1 Å². The quantitative estimate of drug-likeness (QED) is 0.913. The summed E-state index contributed by atoms with van der Waals surface area (Å²) in [6, 6.07) is 9.39. The minimum Gasteiger partial charge on any atom is -0.378 e. The third-order valence-corrected chi connectivity index (χ3v) is 5.08. The normalized spacial score (nSPS) is 30.7. The highest BCUT2D eigenvalue weighted by atomic mass is 16.5. The molecule has 1 saturated carbocycles. The van der Waals surface area contributed by atoms with Crippen LogP contribution < -0.4 is 10.2 Å². The summed E-state index contributed by atoms with van der Waals surface area (Å²) >= 11 is 0. The van der Waals surface area contributed by atoms with Crippen molar-refractivity contribution in [2.24, 2.45) is 11.3 Å². The number of rotatable bonds is 4. The van der Waals surface area contributed by atoms with Crippen molar-refractivity contribution in [3.05, 3.63) is 29.8 Å². The van der Waals surface area contributed by atoms with E-state index in [1.54, 1.807) is 0 Å². The van der Waals surface area contributed by atoms with Gasteiger partial charge in [0.15, 0.2) is 0 Å². The summed E-state index contributed by atoms with van der Waals surface area (Å²) in [4.78, 5) is 2.13. The van der Waals surface area contributed by atoms with Crippen molar-refractivity contribution in [2.75, 3.05) is 25.6 Å². The van der Waals surface area contributed by atoms with Gasteiger partial charge >= 0.3 is 0 Å². The Morgan fingerprint density at radius 3 is 2.60 bits per heavy atom. The standard InChI is InChI=1S/C17H26N2O/c1-17(2)15(14-9-10-20-16(14)17)18-11-12-5-7-13(8-6-12)19(3)4/h5-8,14-16,18H,9-11H2,1-4H3. The number of hydrogen-bond donors (Lipinski definition) is 1. The molecule has 3 rings (SSSR count). The van der Waals surface area contributed by atoms with E-state index in [-0.39, 0.29) is 5.41 Å². The lowest BCUT2D eigenvalue weighted by molar-refractivity contribution is -0.113. The molecule has 2 aliphatic rings. The van der Waals surface area contributed by atoms with Crippen LogP contribution >= 0.6 is 0 Å². The average Bonchev–Trinajstić information content (AvgIpc) is 2.86. The fourth-order valence-corrected chi connectivity index (χ4v) is 3.88. The largest absolute Gasteiger partial charge is 0.378 e. The van der Waals surface area contributed by atoms with Gasteiger partial charge in [-0.3, -0.25) is 0 Å². The van der Waals surface area contributed by atoms with Crippen LogP contribution in [-0.4, -0.2) is 32.8 Å². The topological polar surface area (TPSA) is 24.5 Å². The second-order valence-electron chi connectivity index (χ2n) is 6.98. The summed E-state index contributed by atoms with van der Waals surface area (Å²) in [7, 11) is 4.15. The second-order valence-corrected chi connectivity index (χ2v) is 6.98. The number of hydrogen-bond acceptors (Lipinski definition) is 3. The van der Waals surface area contributed by atoms with E-state index in [0.29, 0.717) is 18.1 Å². The van der Waals surface area contributed by atoms with Gasteiger partial charge in [0.25, 0.3) is 0 Å². The van der Waals surface area contributed by atoms with E-state index in [2.05, 4.69) is 62.4 Å². The minimum atomic E-state index is 0.269. The van der Waals surface area contributed by atoms with Crippen LogP contribution in [0.4, 0.5) is 5.69 Å². The number of anilines is 1. The monoisotopic (exact) mass is 274 g/mol. The molecular formula is C17H26N2O. The molecule has 110 valence electrons. The molecule has 0 amide bonds. The predicted octanol–water partition coefficient (Wildman–Crippen LogP) is 2.66. The summed E-state index contributed by atoms with van der Waals surface area (Å²) < 4.78 is 5.85. The van der Waals surface area contributed by atoms with E-state index in [1.165, 1.54) is 17.7 Å². The first kappa shape index (κ1) is 13.9. The Balaban J connectivity index is 1.59. The fourth-order valence-electron chi connectivity index (χ4n) is 3.88. The van der Waals surface area contributed by atoms with Gasteiger partial charge in [-0.15, -0.1) is 0 Å². The number of fused-ring (bicyclic) bond motifs is 1. The number of benzene rings is 1. The van der Waals surface area contributed by atoms with E-state index in [9.17, 15) is 0 Å². The summed E-state index contributed by atoms with van der Waals surface area (Å²) in [5.41, 5.74) is 2.88. The molecular weight excluding hydrogens is 248 g/mol. The first-order valence-electron chi connectivity index (χ1n) is 7.61. The lowest BCUT2D eigenvalue weighted by Gasteiger charge is -2.55. The maximum atomic E-state index is 5.85. The molecule has 0 aromatic heterocycles. The molecule has 1 aliphatic heterocycles. The third-order valence-electron chi connectivity index (χ3n) is 5.08. The minimum absolute atomic E-state index is 0.269.